The maximum absolute atomic E-state index is 13.8. The first-order valence-corrected chi connectivity index (χ1v) is 6.12. The number of rotatable bonds is 2. The smallest absolute Gasteiger partial charge is 0.388 e. The number of nitrogens with zero attached hydrogens (tertiary/aromatic N) is 1. The Hall–Kier alpha value is -1.47. The normalized spacial score (nSPS) is 13.6. The van der Waals surface area contributed by atoms with E-state index in [-0.39, 0.29) is 10.6 Å². The van der Waals surface area contributed by atoms with Gasteiger partial charge < -0.3 is 5.11 Å². The molecule has 102 valence electrons. The van der Waals surface area contributed by atoms with Gasteiger partial charge >= 0.3 is 6.18 Å². The first kappa shape index (κ1) is 14.0. The second-order valence-electron chi connectivity index (χ2n) is 3.91. The third-order valence-electron chi connectivity index (χ3n) is 2.47. The quantitative estimate of drug-likeness (QED) is 0.848. The molecule has 0 amide bonds. The van der Waals surface area contributed by atoms with E-state index in [1.165, 1.54) is 19.2 Å². The number of thiazole rings is 1. The van der Waals surface area contributed by atoms with Gasteiger partial charge in [0.1, 0.15) is 10.8 Å². The lowest BCUT2D eigenvalue weighted by atomic mass is 10.1. The van der Waals surface area contributed by atoms with Gasteiger partial charge in [-0.25, -0.2) is 9.37 Å². The van der Waals surface area contributed by atoms with Crippen LogP contribution in [0.3, 0.4) is 0 Å². The Morgan fingerprint density at radius 3 is 2.53 bits per heavy atom. The summed E-state index contributed by atoms with van der Waals surface area (Å²) in [6, 6.07) is 3.04. The van der Waals surface area contributed by atoms with Crippen molar-refractivity contribution in [3.8, 4) is 10.6 Å². The number of hydrogen-bond acceptors (Lipinski definition) is 3. The largest absolute Gasteiger partial charge is 0.419 e. The molecule has 2 nitrogen and oxygen atoms in total. The van der Waals surface area contributed by atoms with Crippen molar-refractivity contribution in [2.24, 2.45) is 0 Å². The van der Waals surface area contributed by atoms with Gasteiger partial charge in [-0.1, -0.05) is 6.07 Å². The molecule has 1 unspecified atom stereocenters. The Labute approximate surface area is 110 Å². The summed E-state index contributed by atoms with van der Waals surface area (Å²) in [6.07, 6.45) is -4.21. The molecule has 0 saturated carbocycles. The average Bonchev–Trinajstić information content (AvgIpc) is 2.77. The van der Waals surface area contributed by atoms with E-state index in [4.69, 9.17) is 0 Å². The minimum Gasteiger partial charge on any atom is -0.388 e. The second-order valence-corrected chi connectivity index (χ2v) is 4.97. The van der Waals surface area contributed by atoms with Crippen molar-refractivity contribution in [2.75, 3.05) is 0 Å². The highest BCUT2D eigenvalue weighted by Gasteiger charge is 2.35. The van der Waals surface area contributed by atoms with Crippen LogP contribution in [0.15, 0.2) is 24.4 Å². The van der Waals surface area contributed by atoms with Gasteiger partial charge in [0, 0.05) is 11.8 Å². The van der Waals surface area contributed by atoms with Gasteiger partial charge in [0.15, 0.2) is 0 Å². The Bertz CT molecular complexity index is 592. The van der Waals surface area contributed by atoms with Crippen LogP contribution in [0.1, 0.15) is 23.5 Å². The lowest BCUT2D eigenvalue weighted by molar-refractivity contribution is -0.139. The predicted molar refractivity (Wildman–Crippen MR) is 63.1 cm³/mol. The maximum Gasteiger partial charge on any atom is 0.419 e. The highest BCUT2D eigenvalue weighted by Crippen LogP contribution is 2.37. The number of halogens is 4. The van der Waals surface area contributed by atoms with Crippen LogP contribution < -0.4 is 0 Å². The van der Waals surface area contributed by atoms with Gasteiger partial charge in [0.05, 0.1) is 16.5 Å². The first-order valence-electron chi connectivity index (χ1n) is 5.30. The van der Waals surface area contributed by atoms with Gasteiger partial charge in [-0.3, -0.25) is 0 Å². The number of hydrogen-bond donors (Lipinski definition) is 1. The topological polar surface area (TPSA) is 33.1 Å². The third kappa shape index (κ3) is 2.76. The second kappa shape index (κ2) is 4.90. The summed E-state index contributed by atoms with van der Waals surface area (Å²) in [6.45, 7) is 1.50. The number of aliphatic hydroxyl groups excluding tert-OH is 1. The highest BCUT2D eigenvalue weighted by atomic mass is 32.1. The molecule has 0 aliphatic rings. The van der Waals surface area contributed by atoms with Crippen LogP contribution in [-0.4, -0.2) is 10.1 Å². The van der Waals surface area contributed by atoms with Crippen LogP contribution in [0, 0.1) is 5.82 Å². The summed E-state index contributed by atoms with van der Waals surface area (Å²) in [7, 11) is 0. The van der Waals surface area contributed by atoms with E-state index in [0.717, 1.165) is 17.4 Å². The van der Waals surface area contributed by atoms with Crippen molar-refractivity contribution < 1.29 is 22.7 Å². The van der Waals surface area contributed by atoms with Crippen LogP contribution in [0.25, 0.3) is 10.6 Å². The molecule has 0 fully saturated rings. The van der Waals surface area contributed by atoms with Crippen molar-refractivity contribution in [1.82, 2.24) is 4.98 Å². The summed E-state index contributed by atoms with van der Waals surface area (Å²) in [4.78, 5) is 4.31. The average molecular weight is 291 g/mol. The number of alkyl halides is 3. The molecule has 0 aliphatic heterocycles. The van der Waals surface area contributed by atoms with Crippen LogP contribution in [0.4, 0.5) is 17.6 Å². The van der Waals surface area contributed by atoms with E-state index in [2.05, 4.69) is 4.98 Å². The molecule has 0 bridgehead atoms. The molecule has 7 heteroatoms. The minimum atomic E-state index is -4.75. The van der Waals surface area contributed by atoms with Crippen LogP contribution in [0.2, 0.25) is 0 Å². The van der Waals surface area contributed by atoms with E-state index >= 15 is 0 Å². The molecule has 1 aromatic heterocycles. The molecular formula is C12H9F4NOS. The lowest BCUT2D eigenvalue weighted by Crippen LogP contribution is -2.08. The van der Waals surface area contributed by atoms with Crippen molar-refractivity contribution in [2.45, 2.75) is 19.2 Å². The Morgan fingerprint density at radius 2 is 2.00 bits per heavy atom. The Balaban J connectivity index is 2.51. The molecule has 1 atom stereocenters. The summed E-state index contributed by atoms with van der Waals surface area (Å²) in [5.41, 5.74) is -1.54. The van der Waals surface area contributed by atoms with Gasteiger partial charge in [0.2, 0.25) is 0 Å². The van der Waals surface area contributed by atoms with E-state index in [1.54, 1.807) is 0 Å². The van der Waals surface area contributed by atoms with Crippen LogP contribution in [-0.2, 0) is 6.18 Å². The fourth-order valence-corrected chi connectivity index (χ4v) is 2.39. The first-order chi connectivity index (χ1) is 8.80. The molecule has 0 radical (unpaired) electrons. The number of aliphatic hydroxyl groups is 1. The molecule has 2 rings (SSSR count). The standard InChI is InChI=1S/C12H9F4NOS/c1-6(18)9-5-17-11(19-9)7-3-2-4-8(10(7)13)12(14,15)16/h2-6,18H,1H3. The lowest BCUT2D eigenvalue weighted by Gasteiger charge is -2.09. The third-order valence-corrected chi connectivity index (χ3v) is 3.67. The highest BCUT2D eigenvalue weighted by molar-refractivity contribution is 7.15. The summed E-state index contributed by atoms with van der Waals surface area (Å²) in [5.74, 6) is -1.35. The van der Waals surface area contributed by atoms with E-state index in [9.17, 15) is 22.7 Å². The molecule has 1 N–H and O–H groups in total. The zero-order valence-electron chi connectivity index (χ0n) is 9.70. The fraction of sp³-hybridized carbons (Fsp3) is 0.250. The number of benzene rings is 1. The monoisotopic (exact) mass is 291 g/mol. The van der Waals surface area contributed by atoms with Crippen LogP contribution >= 0.6 is 11.3 Å². The van der Waals surface area contributed by atoms with Gasteiger partial charge in [0.25, 0.3) is 0 Å². The van der Waals surface area contributed by atoms with Gasteiger partial charge in [-0.2, -0.15) is 13.2 Å². The minimum absolute atomic E-state index is 0.111. The predicted octanol–water partition coefficient (Wildman–Crippen LogP) is 4.02. The Morgan fingerprint density at radius 1 is 1.32 bits per heavy atom. The van der Waals surface area contributed by atoms with Gasteiger partial charge in [-0.05, 0) is 19.1 Å². The van der Waals surface area contributed by atoms with Crippen molar-refractivity contribution >= 4 is 11.3 Å². The summed E-state index contributed by atoms with van der Waals surface area (Å²) < 4.78 is 51.6. The molecule has 19 heavy (non-hydrogen) atoms. The summed E-state index contributed by atoms with van der Waals surface area (Å²) >= 11 is 0.959. The van der Waals surface area contributed by atoms with Crippen molar-refractivity contribution in [3.63, 3.8) is 0 Å². The van der Waals surface area contributed by atoms with E-state index in [0.29, 0.717) is 10.9 Å². The molecule has 1 aromatic carbocycles. The maximum atomic E-state index is 13.8. The molecule has 0 saturated heterocycles. The van der Waals surface area contributed by atoms with Crippen LogP contribution in [0.5, 0.6) is 0 Å². The molecular weight excluding hydrogens is 282 g/mol. The van der Waals surface area contributed by atoms with Crippen molar-refractivity contribution in [1.29, 1.82) is 0 Å². The zero-order valence-corrected chi connectivity index (χ0v) is 10.5. The van der Waals surface area contributed by atoms with E-state index in [1.807, 2.05) is 0 Å². The number of aromatic nitrogens is 1. The molecule has 0 spiro atoms. The fourth-order valence-electron chi connectivity index (χ4n) is 1.52. The van der Waals surface area contributed by atoms with E-state index < -0.39 is 23.7 Å². The SMILES string of the molecule is CC(O)c1cnc(-c2cccc(C(F)(F)F)c2F)s1. The zero-order chi connectivity index (χ0) is 14.2. The molecule has 2 aromatic rings. The molecule has 1 heterocycles. The van der Waals surface area contributed by atoms with Gasteiger partial charge in [-0.15, -0.1) is 11.3 Å². The Kier molecular flexibility index (Phi) is 3.60. The van der Waals surface area contributed by atoms with Crippen molar-refractivity contribution in [3.05, 3.63) is 40.7 Å². The summed E-state index contributed by atoms with van der Waals surface area (Å²) in [5, 5.41) is 9.44. The molecule has 0 aliphatic carbocycles.